The number of halogens is 2. The molecule has 0 aliphatic carbocycles. The molecule has 0 aromatic heterocycles. The van der Waals surface area contributed by atoms with E-state index in [-0.39, 0.29) is 0 Å². The van der Waals surface area contributed by atoms with E-state index < -0.39 is 0 Å². The van der Waals surface area contributed by atoms with Gasteiger partial charge < -0.3 is 5.32 Å². The van der Waals surface area contributed by atoms with Gasteiger partial charge in [0.15, 0.2) is 0 Å². The van der Waals surface area contributed by atoms with Gasteiger partial charge in [-0.05, 0) is 56.6 Å². The van der Waals surface area contributed by atoms with E-state index in [1.807, 2.05) is 18.2 Å². The molecule has 1 aromatic rings. The van der Waals surface area contributed by atoms with E-state index in [0.717, 1.165) is 28.7 Å². The first kappa shape index (κ1) is 14.1. The first-order chi connectivity index (χ1) is 8.66. The summed E-state index contributed by atoms with van der Waals surface area (Å²) < 4.78 is 0. The van der Waals surface area contributed by atoms with Crippen molar-refractivity contribution in [3.63, 3.8) is 0 Å². The number of nitrogens with zero attached hydrogens (tertiary/aromatic N) is 1. The number of nitrogens with one attached hydrogen (secondary N) is 1. The molecule has 100 valence electrons. The van der Waals surface area contributed by atoms with Gasteiger partial charge in [-0.3, -0.25) is 4.90 Å². The number of rotatable bonds is 5. The Labute approximate surface area is 119 Å². The fourth-order valence-electron chi connectivity index (χ4n) is 2.41. The van der Waals surface area contributed by atoms with Crippen LogP contribution in [0.5, 0.6) is 0 Å². The summed E-state index contributed by atoms with van der Waals surface area (Å²) in [7, 11) is 0. The highest BCUT2D eigenvalue weighted by Gasteiger charge is 2.17. The van der Waals surface area contributed by atoms with Gasteiger partial charge in [-0.25, -0.2) is 0 Å². The van der Waals surface area contributed by atoms with E-state index in [9.17, 15) is 0 Å². The predicted molar refractivity (Wildman–Crippen MR) is 78.4 cm³/mol. The maximum absolute atomic E-state index is 6.13. The van der Waals surface area contributed by atoms with Crippen LogP contribution in [0.4, 0.5) is 0 Å². The van der Waals surface area contributed by atoms with E-state index in [0.29, 0.717) is 6.04 Å². The van der Waals surface area contributed by atoms with Gasteiger partial charge in [0, 0.05) is 29.2 Å². The normalized spacial score (nSPS) is 18.2. The lowest BCUT2D eigenvalue weighted by Crippen LogP contribution is -2.38. The fourth-order valence-corrected chi connectivity index (χ4v) is 2.79. The second kappa shape index (κ2) is 6.76. The third kappa shape index (κ3) is 3.86. The van der Waals surface area contributed by atoms with Gasteiger partial charge in [0.2, 0.25) is 0 Å². The van der Waals surface area contributed by atoms with Crippen LogP contribution in [0.25, 0.3) is 0 Å². The van der Waals surface area contributed by atoms with E-state index in [4.69, 9.17) is 23.2 Å². The van der Waals surface area contributed by atoms with Crippen LogP contribution in [-0.2, 0) is 6.54 Å². The van der Waals surface area contributed by atoms with Crippen LogP contribution in [0, 0.1) is 0 Å². The first-order valence-corrected chi connectivity index (χ1v) is 7.31. The molecule has 2 rings (SSSR count). The van der Waals surface area contributed by atoms with Crippen molar-refractivity contribution in [1.29, 1.82) is 0 Å². The van der Waals surface area contributed by atoms with Crippen LogP contribution in [0.1, 0.15) is 25.3 Å². The molecule has 0 amide bonds. The van der Waals surface area contributed by atoms with Crippen molar-refractivity contribution in [3.8, 4) is 0 Å². The smallest absolute Gasteiger partial charge is 0.0451 e. The van der Waals surface area contributed by atoms with Crippen LogP contribution in [0.2, 0.25) is 10.0 Å². The van der Waals surface area contributed by atoms with Crippen LogP contribution >= 0.6 is 23.2 Å². The van der Waals surface area contributed by atoms with Gasteiger partial charge in [-0.15, -0.1) is 0 Å². The second-order valence-electron chi connectivity index (χ2n) is 4.96. The third-order valence-electron chi connectivity index (χ3n) is 3.53. The number of likely N-dealkylation sites (tertiary alicyclic amines) is 1. The number of hydrogen-bond donors (Lipinski definition) is 1. The summed E-state index contributed by atoms with van der Waals surface area (Å²) in [5, 5.41) is 4.98. The summed E-state index contributed by atoms with van der Waals surface area (Å²) in [4.78, 5) is 2.53. The van der Waals surface area contributed by atoms with Crippen molar-refractivity contribution in [1.82, 2.24) is 10.2 Å². The summed E-state index contributed by atoms with van der Waals surface area (Å²) in [5.74, 6) is 0. The molecular weight excluding hydrogens is 267 g/mol. The topological polar surface area (TPSA) is 15.3 Å². The molecular formula is C14H20Cl2N2. The van der Waals surface area contributed by atoms with Crippen molar-refractivity contribution < 1.29 is 0 Å². The quantitative estimate of drug-likeness (QED) is 0.890. The molecule has 1 aliphatic heterocycles. The second-order valence-corrected chi connectivity index (χ2v) is 5.80. The monoisotopic (exact) mass is 286 g/mol. The van der Waals surface area contributed by atoms with Crippen LogP contribution < -0.4 is 5.32 Å². The average Bonchev–Trinajstić information content (AvgIpc) is 2.87. The zero-order valence-corrected chi connectivity index (χ0v) is 12.3. The number of benzene rings is 1. The third-order valence-corrected chi connectivity index (χ3v) is 4.13. The van der Waals surface area contributed by atoms with E-state index >= 15 is 0 Å². The molecule has 0 saturated carbocycles. The lowest BCUT2D eigenvalue weighted by molar-refractivity contribution is 0.251. The molecule has 1 aromatic carbocycles. The molecule has 2 nitrogen and oxygen atoms in total. The minimum absolute atomic E-state index is 0.588. The van der Waals surface area contributed by atoms with Crippen molar-refractivity contribution in [2.24, 2.45) is 0 Å². The standard InChI is InChI=1S/C14H20Cl2N2/c1-11(18-6-2-3-7-18)9-17-10-12-8-13(15)4-5-14(12)16/h4-5,8,11,17H,2-3,6-7,9-10H2,1H3. The van der Waals surface area contributed by atoms with Crippen molar-refractivity contribution in [2.75, 3.05) is 19.6 Å². The van der Waals surface area contributed by atoms with E-state index in [1.165, 1.54) is 25.9 Å². The maximum atomic E-state index is 6.13. The Morgan fingerprint density at radius 3 is 2.72 bits per heavy atom. The highest BCUT2D eigenvalue weighted by molar-refractivity contribution is 6.33. The Kier molecular flexibility index (Phi) is 5.31. The lowest BCUT2D eigenvalue weighted by Gasteiger charge is -2.24. The molecule has 0 spiro atoms. The molecule has 18 heavy (non-hydrogen) atoms. The SMILES string of the molecule is CC(CNCc1cc(Cl)ccc1Cl)N1CCCC1. The molecule has 1 saturated heterocycles. The summed E-state index contributed by atoms with van der Waals surface area (Å²) in [6, 6.07) is 6.19. The molecule has 1 aliphatic rings. The Bertz CT molecular complexity index is 389. The van der Waals surface area contributed by atoms with Gasteiger partial charge in [-0.1, -0.05) is 23.2 Å². The minimum Gasteiger partial charge on any atom is -0.311 e. The van der Waals surface area contributed by atoms with Crippen molar-refractivity contribution >= 4 is 23.2 Å². The first-order valence-electron chi connectivity index (χ1n) is 6.55. The van der Waals surface area contributed by atoms with E-state index in [1.54, 1.807) is 0 Å². The molecule has 1 fully saturated rings. The summed E-state index contributed by atoms with van der Waals surface area (Å²) in [6.45, 7) is 6.51. The lowest BCUT2D eigenvalue weighted by atomic mass is 10.2. The highest BCUT2D eigenvalue weighted by Crippen LogP contribution is 2.20. The van der Waals surface area contributed by atoms with Gasteiger partial charge >= 0.3 is 0 Å². The zero-order valence-electron chi connectivity index (χ0n) is 10.8. The van der Waals surface area contributed by atoms with Crippen LogP contribution in [0.3, 0.4) is 0 Å². The molecule has 1 unspecified atom stereocenters. The molecule has 4 heteroatoms. The van der Waals surface area contributed by atoms with Crippen molar-refractivity contribution in [2.45, 2.75) is 32.4 Å². The Hall–Kier alpha value is -0.280. The van der Waals surface area contributed by atoms with E-state index in [2.05, 4.69) is 17.1 Å². The van der Waals surface area contributed by atoms with Crippen LogP contribution in [-0.4, -0.2) is 30.6 Å². The summed E-state index contributed by atoms with van der Waals surface area (Å²) >= 11 is 12.1. The van der Waals surface area contributed by atoms with Crippen LogP contribution in [0.15, 0.2) is 18.2 Å². The predicted octanol–water partition coefficient (Wildman–Crippen LogP) is 3.57. The van der Waals surface area contributed by atoms with Gasteiger partial charge in [0.1, 0.15) is 0 Å². The number of hydrogen-bond acceptors (Lipinski definition) is 2. The fraction of sp³-hybridized carbons (Fsp3) is 0.571. The maximum Gasteiger partial charge on any atom is 0.0451 e. The highest BCUT2D eigenvalue weighted by atomic mass is 35.5. The largest absolute Gasteiger partial charge is 0.311 e. The van der Waals surface area contributed by atoms with Gasteiger partial charge in [0.25, 0.3) is 0 Å². The minimum atomic E-state index is 0.588. The Balaban J connectivity index is 1.79. The molecule has 1 heterocycles. The van der Waals surface area contributed by atoms with Gasteiger partial charge in [-0.2, -0.15) is 0 Å². The Morgan fingerprint density at radius 1 is 1.28 bits per heavy atom. The zero-order chi connectivity index (χ0) is 13.0. The van der Waals surface area contributed by atoms with Crippen molar-refractivity contribution in [3.05, 3.63) is 33.8 Å². The van der Waals surface area contributed by atoms with Gasteiger partial charge in [0.05, 0.1) is 0 Å². The summed E-state index contributed by atoms with van der Waals surface area (Å²) in [6.07, 6.45) is 2.68. The average molecular weight is 287 g/mol. The molecule has 1 atom stereocenters. The summed E-state index contributed by atoms with van der Waals surface area (Å²) in [5.41, 5.74) is 1.07. The molecule has 1 N–H and O–H groups in total. The molecule has 0 radical (unpaired) electrons. The Morgan fingerprint density at radius 2 is 2.00 bits per heavy atom. The molecule has 0 bridgehead atoms.